The zero-order valence-electron chi connectivity index (χ0n) is 12.3. The van der Waals surface area contributed by atoms with Crippen LogP contribution in [-0.4, -0.2) is 50.9 Å². The summed E-state index contributed by atoms with van der Waals surface area (Å²) < 4.78 is 34.9. The number of carbonyl (C=O) groups is 1. The highest BCUT2D eigenvalue weighted by atomic mass is 32.3. The topological polar surface area (TPSA) is 77.9 Å². The SMILES string of the molecule is CCN(CCO)c1ccc(N2CC(S(=O)(=O)F)CC2=O)cc1. The highest BCUT2D eigenvalue weighted by Crippen LogP contribution is 2.27. The van der Waals surface area contributed by atoms with Crippen molar-refractivity contribution in [2.24, 2.45) is 0 Å². The van der Waals surface area contributed by atoms with Crippen molar-refractivity contribution in [2.75, 3.05) is 36.0 Å². The normalized spacial score (nSPS) is 18.8. The summed E-state index contributed by atoms with van der Waals surface area (Å²) in [4.78, 5) is 15.1. The minimum Gasteiger partial charge on any atom is -0.395 e. The van der Waals surface area contributed by atoms with Crippen molar-refractivity contribution in [3.05, 3.63) is 24.3 Å². The molecule has 1 aliphatic heterocycles. The largest absolute Gasteiger partial charge is 0.395 e. The van der Waals surface area contributed by atoms with E-state index in [0.717, 1.165) is 12.2 Å². The van der Waals surface area contributed by atoms with E-state index < -0.39 is 21.4 Å². The molecule has 2 rings (SSSR count). The molecule has 6 nitrogen and oxygen atoms in total. The van der Waals surface area contributed by atoms with Crippen molar-refractivity contribution in [1.82, 2.24) is 0 Å². The van der Waals surface area contributed by atoms with Crippen LogP contribution in [0, 0.1) is 0 Å². The summed E-state index contributed by atoms with van der Waals surface area (Å²) in [5.74, 6) is -0.401. The smallest absolute Gasteiger partial charge is 0.307 e. The third-order valence-electron chi connectivity index (χ3n) is 3.77. The average Bonchev–Trinajstić information content (AvgIpc) is 2.87. The first-order chi connectivity index (χ1) is 10.4. The van der Waals surface area contributed by atoms with Crippen LogP contribution in [0.25, 0.3) is 0 Å². The van der Waals surface area contributed by atoms with Gasteiger partial charge in [-0.25, -0.2) is 0 Å². The Morgan fingerprint density at radius 2 is 2.00 bits per heavy atom. The van der Waals surface area contributed by atoms with E-state index in [0.29, 0.717) is 12.2 Å². The predicted molar refractivity (Wildman–Crippen MR) is 82.2 cm³/mol. The van der Waals surface area contributed by atoms with Gasteiger partial charge >= 0.3 is 10.2 Å². The summed E-state index contributed by atoms with van der Waals surface area (Å²) in [6.45, 7) is 3.07. The molecule has 1 heterocycles. The van der Waals surface area contributed by atoms with Crippen LogP contribution < -0.4 is 9.80 Å². The van der Waals surface area contributed by atoms with Crippen molar-refractivity contribution < 1.29 is 22.2 Å². The predicted octanol–water partition coefficient (Wildman–Crippen LogP) is 0.910. The van der Waals surface area contributed by atoms with Gasteiger partial charge in [0.05, 0.1) is 6.61 Å². The standard InChI is InChI=1S/C14H19FN2O4S/c1-2-16(7-8-18)11-3-5-12(6-4-11)17-10-13(9-14(17)19)22(15,20)21/h3-6,13,18H,2,7-10H2,1H3. The third-order valence-corrected chi connectivity index (χ3v) is 4.88. The van der Waals surface area contributed by atoms with Gasteiger partial charge in [0.1, 0.15) is 5.25 Å². The molecule has 122 valence electrons. The number of rotatable bonds is 6. The van der Waals surface area contributed by atoms with Crippen LogP contribution >= 0.6 is 0 Å². The van der Waals surface area contributed by atoms with Crippen molar-refractivity contribution in [1.29, 1.82) is 0 Å². The van der Waals surface area contributed by atoms with Crippen LogP contribution in [-0.2, 0) is 15.0 Å². The Hall–Kier alpha value is -1.67. The zero-order valence-corrected chi connectivity index (χ0v) is 13.1. The van der Waals surface area contributed by atoms with Gasteiger partial charge in [0.15, 0.2) is 0 Å². The number of nitrogens with zero attached hydrogens (tertiary/aromatic N) is 2. The Morgan fingerprint density at radius 1 is 1.36 bits per heavy atom. The molecule has 1 aliphatic rings. The fourth-order valence-corrected chi connectivity index (χ4v) is 3.22. The van der Waals surface area contributed by atoms with Gasteiger partial charge in [-0.15, -0.1) is 3.89 Å². The molecule has 1 aromatic carbocycles. The van der Waals surface area contributed by atoms with E-state index in [1.165, 1.54) is 4.90 Å². The molecule has 1 N–H and O–H groups in total. The molecule has 1 atom stereocenters. The molecule has 1 saturated heterocycles. The van der Waals surface area contributed by atoms with Gasteiger partial charge in [0.25, 0.3) is 0 Å². The molecule has 0 aromatic heterocycles. The number of carbonyl (C=O) groups excluding carboxylic acids is 1. The van der Waals surface area contributed by atoms with E-state index in [1.807, 2.05) is 11.8 Å². The molecule has 1 amide bonds. The molecule has 1 unspecified atom stereocenters. The minimum atomic E-state index is -4.71. The summed E-state index contributed by atoms with van der Waals surface area (Å²) in [5, 5.41) is 7.72. The van der Waals surface area contributed by atoms with E-state index >= 15 is 0 Å². The lowest BCUT2D eigenvalue weighted by Crippen LogP contribution is -2.28. The summed E-state index contributed by atoms with van der Waals surface area (Å²) in [5.41, 5.74) is 1.43. The van der Waals surface area contributed by atoms with E-state index in [2.05, 4.69) is 0 Å². The highest BCUT2D eigenvalue weighted by molar-refractivity contribution is 7.87. The van der Waals surface area contributed by atoms with Gasteiger partial charge < -0.3 is 14.9 Å². The Kier molecular flexibility index (Phi) is 5.02. The number of benzene rings is 1. The first-order valence-corrected chi connectivity index (χ1v) is 8.51. The number of halogens is 1. The van der Waals surface area contributed by atoms with Crippen molar-refractivity contribution in [3.63, 3.8) is 0 Å². The molecule has 8 heteroatoms. The number of anilines is 2. The Bertz CT molecular complexity index is 633. The lowest BCUT2D eigenvalue weighted by atomic mass is 10.2. The maximum absolute atomic E-state index is 13.0. The number of amides is 1. The molecule has 0 radical (unpaired) electrons. The molecule has 0 spiro atoms. The number of likely N-dealkylation sites (N-methyl/N-ethyl adjacent to an activating group) is 1. The number of aliphatic hydroxyl groups excluding tert-OH is 1. The Balaban J connectivity index is 2.15. The molecule has 0 bridgehead atoms. The third kappa shape index (κ3) is 3.56. The van der Waals surface area contributed by atoms with Crippen LogP contribution in [0.2, 0.25) is 0 Å². The van der Waals surface area contributed by atoms with E-state index in [1.54, 1.807) is 24.3 Å². The van der Waals surface area contributed by atoms with Crippen molar-refractivity contribution in [2.45, 2.75) is 18.6 Å². The lowest BCUT2D eigenvalue weighted by molar-refractivity contribution is -0.117. The van der Waals surface area contributed by atoms with Gasteiger partial charge in [0, 0.05) is 37.4 Å². The van der Waals surface area contributed by atoms with E-state index in [4.69, 9.17) is 5.11 Å². The summed E-state index contributed by atoms with van der Waals surface area (Å²) in [7, 11) is -4.71. The van der Waals surface area contributed by atoms with Gasteiger partial charge in [-0.05, 0) is 31.2 Å². The van der Waals surface area contributed by atoms with Gasteiger partial charge in [-0.3, -0.25) is 4.79 Å². The molecule has 0 saturated carbocycles. The fraction of sp³-hybridized carbons (Fsp3) is 0.500. The number of hydrogen-bond donors (Lipinski definition) is 1. The van der Waals surface area contributed by atoms with Gasteiger partial charge in [-0.2, -0.15) is 8.42 Å². The minimum absolute atomic E-state index is 0.0379. The molecular weight excluding hydrogens is 311 g/mol. The van der Waals surface area contributed by atoms with Crippen LogP contribution in [0.5, 0.6) is 0 Å². The highest BCUT2D eigenvalue weighted by Gasteiger charge is 2.39. The average molecular weight is 330 g/mol. The summed E-state index contributed by atoms with van der Waals surface area (Å²) in [6.07, 6.45) is -0.327. The van der Waals surface area contributed by atoms with E-state index in [9.17, 15) is 17.1 Å². The molecular formula is C14H19FN2O4S. The molecule has 22 heavy (non-hydrogen) atoms. The van der Waals surface area contributed by atoms with Gasteiger partial charge in [0.2, 0.25) is 5.91 Å². The molecule has 1 aromatic rings. The quantitative estimate of drug-likeness (QED) is 0.785. The second kappa shape index (κ2) is 6.62. The lowest BCUT2D eigenvalue weighted by Gasteiger charge is -2.23. The van der Waals surface area contributed by atoms with Crippen molar-refractivity contribution in [3.8, 4) is 0 Å². The maximum Gasteiger partial charge on any atom is 0.307 e. The maximum atomic E-state index is 13.0. The Labute approximate surface area is 129 Å². The van der Waals surface area contributed by atoms with Crippen LogP contribution in [0.3, 0.4) is 0 Å². The van der Waals surface area contributed by atoms with Crippen LogP contribution in [0.4, 0.5) is 15.3 Å². The molecule has 1 fully saturated rings. The number of hydrogen-bond acceptors (Lipinski definition) is 5. The second-order valence-corrected chi connectivity index (χ2v) is 6.74. The van der Waals surface area contributed by atoms with Crippen LogP contribution in [0.1, 0.15) is 13.3 Å². The van der Waals surface area contributed by atoms with E-state index in [-0.39, 0.29) is 19.6 Å². The monoisotopic (exact) mass is 330 g/mol. The van der Waals surface area contributed by atoms with Gasteiger partial charge in [-0.1, -0.05) is 0 Å². The number of aliphatic hydroxyl groups is 1. The first-order valence-electron chi connectivity index (χ1n) is 7.06. The zero-order chi connectivity index (χ0) is 16.3. The summed E-state index contributed by atoms with van der Waals surface area (Å²) >= 11 is 0. The fourth-order valence-electron chi connectivity index (χ4n) is 2.55. The molecule has 0 aliphatic carbocycles. The summed E-state index contributed by atoms with van der Waals surface area (Å²) in [6, 6.07) is 6.97. The Morgan fingerprint density at radius 3 is 2.45 bits per heavy atom. The second-order valence-electron chi connectivity index (χ2n) is 5.13. The van der Waals surface area contributed by atoms with Crippen LogP contribution in [0.15, 0.2) is 24.3 Å². The van der Waals surface area contributed by atoms with Crippen molar-refractivity contribution >= 4 is 27.5 Å². The first kappa shape index (κ1) is 16.7.